The highest BCUT2D eigenvalue weighted by Gasteiger charge is 2.31. The van der Waals surface area contributed by atoms with Crippen LogP contribution in [0.5, 0.6) is 5.75 Å². The third-order valence-electron chi connectivity index (χ3n) is 5.76. The van der Waals surface area contributed by atoms with E-state index in [1.54, 1.807) is 35.2 Å². The molecular formula is C23H23N7O3. The van der Waals surface area contributed by atoms with Gasteiger partial charge >= 0.3 is 0 Å². The molecule has 3 aromatic heterocycles. The van der Waals surface area contributed by atoms with Gasteiger partial charge in [0.25, 0.3) is 11.8 Å². The molecule has 168 valence electrons. The van der Waals surface area contributed by atoms with Crippen LogP contribution in [0.4, 0.5) is 0 Å². The number of fused-ring (bicyclic) bond motifs is 1. The fourth-order valence-corrected chi connectivity index (χ4v) is 4.02. The van der Waals surface area contributed by atoms with E-state index in [0.29, 0.717) is 59.1 Å². The highest BCUT2D eigenvalue weighted by molar-refractivity contribution is 6.10. The number of nitrogens with zero attached hydrogens (tertiary/aromatic N) is 5. The van der Waals surface area contributed by atoms with Gasteiger partial charge in [-0.15, -0.1) is 0 Å². The highest BCUT2D eigenvalue weighted by Crippen LogP contribution is 2.31. The van der Waals surface area contributed by atoms with Crippen molar-refractivity contribution in [2.24, 2.45) is 5.92 Å². The summed E-state index contributed by atoms with van der Waals surface area (Å²) in [5, 5.41) is 7.92. The predicted molar refractivity (Wildman–Crippen MR) is 120 cm³/mol. The summed E-state index contributed by atoms with van der Waals surface area (Å²) in [5.41, 5.74) is 1.77. The zero-order chi connectivity index (χ0) is 22.9. The topological polar surface area (TPSA) is 118 Å². The Labute approximate surface area is 189 Å². The maximum atomic E-state index is 13.0. The lowest BCUT2D eigenvalue weighted by molar-refractivity contribution is 0.0498. The molecule has 0 unspecified atom stereocenters. The van der Waals surface area contributed by atoms with Gasteiger partial charge in [0, 0.05) is 37.3 Å². The molecule has 10 nitrogen and oxygen atoms in total. The number of ether oxygens (including phenoxy) is 1. The van der Waals surface area contributed by atoms with Crippen LogP contribution in [0.2, 0.25) is 0 Å². The summed E-state index contributed by atoms with van der Waals surface area (Å²) in [5.74, 6) is 1.64. The lowest BCUT2D eigenvalue weighted by atomic mass is 9.98. The molecule has 0 bridgehead atoms. The molecule has 0 radical (unpaired) electrons. The molecule has 1 fully saturated rings. The molecule has 1 saturated heterocycles. The summed E-state index contributed by atoms with van der Waals surface area (Å²) in [4.78, 5) is 38.9. The standard InChI is InChI=1S/C23H23N7O3/c1-14-27-13-30(28-14)21-20-19(18(33-2)10-25-21)17(9-24-20)22(31)26-8-15-11-29(12-15)23(32)16-6-4-3-5-7-16/h3-7,9-10,13,15,24H,8,11-12H2,1-2H3,(H,26,31). The van der Waals surface area contributed by atoms with Gasteiger partial charge in [-0.1, -0.05) is 18.2 Å². The second-order valence-electron chi connectivity index (χ2n) is 7.99. The van der Waals surface area contributed by atoms with Gasteiger partial charge in [0.05, 0.1) is 29.8 Å². The maximum absolute atomic E-state index is 13.0. The van der Waals surface area contributed by atoms with Crippen molar-refractivity contribution in [1.29, 1.82) is 0 Å². The first-order chi connectivity index (χ1) is 16.0. The lowest BCUT2D eigenvalue weighted by Gasteiger charge is -2.39. The maximum Gasteiger partial charge on any atom is 0.253 e. The van der Waals surface area contributed by atoms with E-state index >= 15 is 0 Å². The molecule has 0 atom stereocenters. The smallest absolute Gasteiger partial charge is 0.253 e. The van der Waals surface area contributed by atoms with Crippen LogP contribution < -0.4 is 10.1 Å². The largest absolute Gasteiger partial charge is 0.494 e. The Morgan fingerprint density at radius 3 is 2.70 bits per heavy atom. The number of methoxy groups -OCH3 is 1. The van der Waals surface area contributed by atoms with Crippen LogP contribution in [0.25, 0.3) is 16.7 Å². The molecule has 0 aliphatic carbocycles. The highest BCUT2D eigenvalue weighted by atomic mass is 16.5. The fourth-order valence-electron chi connectivity index (χ4n) is 4.02. The van der Waals surface area contributed by atoms with Gasteiger partial charge < -0.3 is 19.9 Å². The molecule has 0 saturated carbocycles. The summed E-state index contributed by atoms with van der Waals surface area (Å²) >= 11 is 0. The van der Waals surface area contributed by atoms with E-state index in [-0.39, 0.29) is 17.7 Å². The zero-order valence-corrected chi connectivity index (χ0v) is 18.3. The van der Waals surface area contributed by atoms with Crippen LogP contribution >= 0.6 is 0 Å². The Bertz CT molecular complexity index is 1320. The van der Waals surface area contributed by atoms with Gasteiger partial charge in [0.1, 0.15) is 17.9 Å². The molecule has 2 N–H and O–H groups in total. The van der Waals surface area contributed by atoms with Crippen LogP contribution in [-0.2, 0) is 0 Å². The Hall–Kier alpha value is -4.21. The molecular weight excluding hydrogens is 422 g/mol. The number of hydrogen-bond donors (Lipinski definition) is 2. The van der Waals surface area contributed by atoms with Gasteiger partial charge in [0.2, 0.25) is 0 Å². The number of H-pyrrole nitrogens is 1. The van der Waals surface area contributed by atoms with Crippen LogP contribution in [0, 0.1) is 12.8 Å². The van der Waals surface area contributed by atoms with E-state index in [9.17, 15) is 9.59 Å². The van der Waals surface area contributed by atoms with E-state index < -0.39 is 0 Å². The summed E-state index contributed by atoms with van der Waals surface area (Å²) in [6, 6.07) is 9.21. The summed E-state index contributed by atoms with van der Waals surface area (Å²) < 4.78 is 7.02. The molecule has 4 heterocycles. The summed E-state index contributed by atoms with van der Waals surface area (Å²) in [7, 11) is 1.54. The van der Waals surface area contributed by atoms with Crippen molar-refractivity contribution in [2.75, 3.05) is 26.7 Å². The van der Waals surface area contributed by atoms with Crippen molar-refractivity contribution in [1.82, 2.24) is 34.9 Å². The lowest BCUT2D eigenvalue weighted by Crippen LogP contribution is -2.53. The molecule has 10 heteroatoms. The first kappa shape index (κ1) is 20.7. The number of aryl methyl sites for hydroxylation is 1. The number of benzene rings is 1. The monoisotopic (exact) mass is 445 g/mol. The average molecular weight is 445 g/mol. The normalized spacial score (nSPS) is 13.7. The van der Waals surface area contributed by atoms with Crippen molar-refractivity contribution in [3.8, 4) is 11.6 Å². The number of nitrogens with one attached hydrogen (secondary N) is 2. The van der Waals surface area contributed by atoms with E-state index in [2.05, 4.69) is 25.4 Å². The summed E-state index contributed by atoms with van der Waals surface area (Å²) in [6.07, 6.45) is 4.78. The molecule has 1 aromatic carbocycles. The Morgan fingerprint density at radius 1 is 1.21 bits per heavy atom. The van der Waals surface area contributed by atoms with Gasteiger partial charge in [-0.25, -0.2) is 14.6 Å². The molecule has 5 rings (SSSR count). The van der Waals surface area contributed by atoms with Crippen molar-refractivity contribution in [3.63, 3.8) is 0 Å². The second-order valence-corrected chi connectivity index (χ2v) is 7.99. The second kappa shape index (κ2) is 8.38. The molecule has 33 heavy (non-hydrogen) atoms. The first-order valence-corrected chi connectivity index (χ1v) is 10.6. The predicted octanol–water partition coefficient (Wildman–Crippen LogP) is 1.96. The van der Waals surface area contributed by atoms with Crippen molar-refractivity contribution >= 4 is 22.7 Å². The molecule has 2 amide bonds. The number of pyridine rings is 1. The molecule has 4 aromatic rings. The Balaban J connectivity index is 1.28. The number of likely N-dealkylation sites (tertiary alicyclic amines) is 1. The van der Waals surface area contributed by atoms with Gasteiger partial charge in [0.15, 0.2) is 5.82 Å². The summed E-state index contributed by atoms with van der Waals surface area (Å²) in [6.45, 7) is 3.50. The minimum absolute atomic E-state index is 0.0166. The first-order valence-electron chi connectivity index (χ1n) is 10.6. The fraction of sp³-hybridized carbons (Fsp3) is 0.261. The minimum Gasteiger partial charge on any atom is -0.494 e. The zero-order valence-electron chi connectivity index (χ0n) is 18.3. The quantitative estimate of drug-likeness (QED) is 0.468. The van der Waals surface area contributed by atoms with E-state index in [1.807, 2.05) is 30.3 Å². The number of aromatic amines is 1. The number of hydrogen-bond acceptors (Lipinski definition) is 6. The van der Waals surface area contributed by atoms with Crippen molar-refractivity contribution in [2.45, 2.75) is 6.92 Å². The van der Waals surface area contributed by atoms with Crippen LogP contribution in [0.1, 0.15) is 26.5 Å². The minimum atomic E-state index is -0.223. The van der Waals surface area contributed by atoms with Crippen LogP contribution in [0.3, 0.4) is 0 Å². The van der Waals surface area contributed by atoms with Crippen molar-refractivity contribution < 1.29 is 14.3 Å². The van der Waals surface area contributed by atoms with Crippen molar-refractivity contribution in [3.05, 3.63) is 66.0 Å². The number of carbonyl (C=O) groups excluding carboxylic acids is 2. The van der Waals surface area contributed by atoms with Gasteiger partial charge in [-0.05, 0) is 19.1 Å². The van der Waals surface area contributed by atoms with E-state index in [1.165, 1.54) is 7.11 Å². The number of aromatic nitrogens is 5. The molecule has 0 spiro atoms. The van der Waals surface area contributed by atoms with Crippen LogP contribution in [0.15, 0.2) is 49.1 Å². The Morgan fingerprint density at radius 2 is 2.00 bits per heavy atom. The molecule has 1 aliphatic rings. The van der Waals surface area contributed by atoms with E-state index in [4.69, 9.17) is 4.74 Å². The van der Waals surface area contributed by atoms with Gasteiger partial charge in [-0.2, -0.15) is 5.10 Å². The van der Waals surface area contributed by atoms with Crippen LogP contribution in [-0.4, -0.2) is 68.2 Å². The number of rotatable bonds is 6. The van der Waals surface area contributed by atoms with Gasteiger partial charge in [-0.3, -0.25) is 9.59 Å². The average Bonchev–Trinajstić information content (AvgIpc) is 3.44. The molecule has 1 aliphatic heterocycles. The third kappa shape index (κ3) is 3.79. The Kier molecular flexibility index (Phi) is 5.25. The number of amides is 2. The SMILES string of the molecule is COc1cnc(-n2cnc(C)n2)c2[nH]cc(C(=O)NCC3CN(C(=O)c4ccccc4)C3)c12. The number of carbonyl (C=O) groups is 2. The third-order valence-corrected chi connectivity index (χ3v) is 5.76. The van der Waals surface area contributed by atoms with E-state index in [0.717, 1.165) is 0 Å².